The van der Waals surface area contributed by atoms with E-state index < -0.39 is 0 Å². The molecule has 0 aliphatic heterocycles. The molecule has 1 aliphatic carbocycles. The first kappa shape index (κ1) is 10.8. The molecule has 0 bridgehead atoms. The van der Waals surface area contributed by atoms with Crippen molar-refractivity contribution in [2.45, 2.75) is 52.0 Å². The molecular formula is C12H23N. The third-order valence-electron chi connectivity index (χ3n) is 3.50. The molecule has 2 N–H and O–H groups in total. The zero-order valence-corrected chi connectivity index (χ0v) is 9.05. The predicted molar refractivity (Wildman–Crippen MR) is 58.5 cm³/mol. The summed E-state index contributed by atoms with van der Waals surface area (Å²) < 4.78 is 0. The molecule has 0 aromatic rings. The third kappa shape index (κ3) is 2.84. The van der Waals surface area contributed by atoms with Gasteiger partial charge in [0.15, 0.2) is 0 Å². The van der Waals surface area contributed by atoms with E-state index in [1.54, 1.807) is 0 Å². The Labute approximate surface area is 82.4 Å². The van der Waals surface area contributed by atoms with Crippen LogP contribution >= 0.6 is 0 Å². The molecule has 0 aromatic heterocycles. The van der Waals surface area contributed by atoms with Gasteiger partial charge in [-0.05, 0) is 31.1 Å². The van der Waals surface area contributed by atoms with Gasteiger partial charge in [-0.25, -0.2) is 0 Å². The monoisotopic (exact) mass is 181 g/mol. The van der Waals surface area contributed by atoms with Gasteiger partial charge in [0.05, 0.1) is 0 Å². The van der Waals surface area contributed by atoms with Crippen LogP contribution in [0.1, 0.15) is 46.0 Å². The van der Waals surface area contributed by atoms with Crippen molar-refractivity contribution in [2.75, 3.05) is 0 Å². The lowest BCUT2D eigenvalue weighted by molar-refractivity contribution is 0.342. The van der Waals surface area contributed by atoms with Crippen LogP contribution in [0.25, 0.3) is 0 Å². The molecule has 3 atom stereocenters. The number of hydrogen-bond acceptors (Lipinski definition) is 1. The highest BCUT2D eigenvalue weighted by Crippen LogP contribution is 2.34. The van der Waals surface area contributed by atoms with Crippen molar-refractivity contribution in [3.63, 3.8) is 0 Å². The average molecular weight is 181 g/mol. The van der Waals surface area contributed by atoms with Crippen LogP contribution in [0.3, 0.4) is 0 Å². The van der Waals surface area contributed by atoms with Crippen molar-refractivity contribution in [3.8, 4) is 0 Å². The van der Waals surface area contributed by atoms with Crippen LogP contribution in [0.4, 0.5) is 0 Å². The number of rotatable bonds is 4. The van der Waals surface area contributed by atoms with E-state index in [0.717, 1.165) is 24.7 Å². The zero-order chi connectivity index (χ0) is 9.84. The van der Waals surface area contributed by atoms with Gasteiger partial charge in [-0.3, -0.25) is 0 Å². The van der Waals surface area contributed by atoms with Crippen LogP contribution < -0.4 is 5.73 Å². The lowest BCUT2D eigenvalue weighted by atomic mass is 9.87. The molecule has 76 valence electrons. The molecule has 1 saturated carbocycles. The second-order valence-corrected chi connectivity index (χ2v) is 4.54. The summed E-state index contributed by atoms with van der Waals surface area (Å²) >= 11 is 0. The van der Waals surface area contributed by atoms with Crippen molar-refractivity contribution in [1.82, 2.24) is 0 Å². The summed E-state index contributed by atoms with van der Waals surface area (Å²) in [5.74, 6) is 1.59. The number of nitrogens with two attached hydrogens (primary N) is 1. The smallest absolute Gasteiger partial charge is 0.0107 e. The molecule has 0 aromatic carbocycles. The second-order valence-electron chi connectivity index (χ2n) is 4.54. The highest BCUT2D eigenvalue weighted by Gasteiger charge is 2.28. The van der Waals surface area contributed by atoms with E-state index in [0.29, 0.717) is 6.04 Å². The van der Waals surface area contributed by atoms with Crippen molar-refractivity contribution in [2.24, 2.45) is 17.6 Å². The molecule has 0 radical (unpaired) electrons. The van der Waals surface area contributed by atoms with E-state index in [1.807, 2.05) is 0 Å². The van der Waals surface area contributed by atoms with Crippen molar-refractivity contribution < 1.29 is 0 Å². The van der Waals surface area contributed by atoms with Gasteiger partial charge in [0.2, 0.25) is 0 Å². The van der Waals surface area contributed by atoms with Crippen molar-refractivity contribution in [1.29, 1.82) is 0 Å². The van der Waals surface area contributed by atoms with Crippen molar-refractivity contribution >= 4 is 0 Å². The normalized spacial score (nSPS) is 30.4. The standard InChI is InChI=1S/C12H23N/c1-4-9(2)8-12(13)11-7-5-6-10(11)3/h10-12H,2,4-8,13H2,1,3H3. The lowest BCUT2D eigenvalue weighted by Gasteiger charge is -2.23. The van der Waals surface area contributed by atoms with Gasteiger partial charge in [-0.1, -0.05) is 38.8 Å². The van der Waals surface area contributed by atoms with Crippen LogP contribution in [0.15, 0.2) is 12.2 Å². The quantitative estimate of drug-likeness (QED) is 0.663. The minimum Gasteiger partial charge on any atom is -0.327 e. The highest BCUT2D eigenvalue weighted by atomic mass is 14.7. The molecule has 0 spiro atoms. The fourth-order valence-corrected chi connectivity index (χ4v) is 2.44. The highest BCUT2D eigenvalue weighted by molar-refractivity contribution is 4.98. The molecule has 1 rings (SSSR count). The van der Waals surface area contributed by atoms with Gasteiger partial charge in [0.25, 0.3) is 0 Å². The third-order valence-corrected chi connectivity index (χ3v) is 3.50. The van der Waals surface area contributed by atoms with Crippen LogP contribution in [0.2, 0.25) is 0 Å². The van der Waals surface area contributed by atoms with E-state index in [1.165, 1.54) is 24.8 Å². The first-order chi connectivity index (χ1) is 6.15. The predicted octanol–water partition coefficient (Wildman–Crippen LogP) is 3.11. The maximum Gasteiger partial charge on any atom is 0.0107 e. The van der Waals surface area contributed by atoms with Crippen LogP contribution in [0.5, 0.6) is 0 Å². The van der Waals surface area contributed by atoms with Crippen molar-refractivity contribution in [3.05, 3.63) is 12.2 Å². The second kappa shape index (κ2) is 4.80. The Bertz CT molecular complexity index is 174. The summed E-state index contributed by atoms with van der Waals surface area (Å²) in [6.07, 6.45) is 6.19. The lowest BCUT2D eigenvalue weighted by Crippen LogP contribution is -2.31. The van der Waals surface area contributed by atoms with Gasteiger partial charge in [0, 0.05) is 6.04 Å². The van der Waals surface area contributed by atoms with Crippen LogP contribution in [-0.2, 0) is 0 Å². The average Bonchev–Trinajstić information content (AvgIpc) is 2.51. The van der Waals surface area contributed by atoms with Crippen LogP contribution in [0, 0.1) is 11.8 Å². The van der Waals surface area contributed by atoms with Gasteiger partial charge in [-0.2, -0.15) is 0 Å². The SMILES string of the molecule is C=C(CC)CC(N)C1CCCC1C. The Morgan fingerprint density at radius 3 is 2.69 bits per heavy atom. The Morgan fingerprint density at radius 1 is 1.54 bits per heavy atom. The van der Waals surface area contributed by atoms with E-state index in [2.05, 4.69) is 20.4 Å². The van der Waals surface area contributed by atoms with E-state index >= 15 is 0 Å². The largest absolute Gasteiger partial charge is 0.327 e. The van der Waals surface area contributed by atoms with Gasteiger partial charge < -0.3 is 5.73 Å². The minimum absolute atomic E-state index is 0.366. The van der Waals surface area contributed by atoms with E-state index in [4.69, 9.17) is 5.73 Å². The van der Waals surface area contributed by atoms with Gasteiger partial charge in [0.1, 0.15) is 0 Å². The first-order valence-electron chi connectivity index (χ1n) is 5.57. The van der Waals surface area contributed by atoms with E-state index in [-0.39, 0.29) is 0 Å². The summed E-state index contributed by atoms with van der Waals surface area (Å²) in [6.45, 7) is 8.53. The summed E-state index contributed by atoms with van der Waals surface area (Å²) in [7, 11) is 0. The summed E-state index contributed by atoms with van der Waals surface area (Å²) in [5, 5.41) is 0. The van der Waals surface area contributed by atoms with Gasteiger partial charge >= 0.3 is 0 Å². The Balaban J connectivity index is 2.38. The Morgan fingerprint density at radius 2 is 2.23 bits per heavy atom. The minimum atomic E-state index is 0.366. The van der Waals surface area contributed by atoms with E-state index in [9.17, 15) is 0 Å². The molecule has 3 unspecified atom stereocenters. The maximum atomic E-state index is 6.19. The molecule has 0 amide bonds. The van der Waals surface area contributed by atoms with Gasteiger partial charge in [-0.15, -0.1) is 0 Å². The molecule has 13 heavy (non-hydrogen) atoms. The topological polar surface area (TPSA) is 26.0 Å². The molecule has 1 aliphatic rings. The fraction of sp³-hybridized carbons (Fsp3) is 0.833. The summed E-state index contributed by atoms with van der Waals surface area (Å²) in [5.41, 5.74) is 7.50. The molecule has 0 saturated heterocycles. The number of hydrogen-bond donors (Lipinski definition) is 1. The fourth-order valence-electron chi connectivity index (χ4n) is 2.44. The molecule has 1 heteroatoms. The molecule has 1 fully saturated rings. The summed E-state index contributed by atoms with van der Waals surface area (Å²) in [4.78, 5) is 0. The molecule has 1 nitrogen and oxygen atoms in total. The Kier molecular flexibility index (Phi) is 3.98. The molecule has 0 heterocycles. The first-order valence-corrected chi connectivity index (χ1v) is 5.57. The zero-order valence-electron chi connectivity index (χ0n) is 9.05. The summed E-state index contributed by atoms with van der Waals surface area (Å²) in [6, 6.07) is 0.366. The maximum absolute atomic E-state index is 6.19. The molecular weight excluding hydrogens is 158 g/mol. The van der Waals surface area contributed by atoms with Crippen LogP contribution in [-0.4, -0.2) is 6.04 Å². The Hall–Kier alpha value is -0.300.